The number of hydrogen-bond acceptors (Lipinski definition) is 4. The lowest BCUT2D eigenvalue weighted by atomic mass is 10.2. The van der Waals surface area contributed by atoms with Gasteiger partial charge in [0, 0.05) is 5.71 Å². The lowest BCUT2D eigenvalue weighted by Gasteiger charge is -2.09. The highest BCUT2D eigenvalue weighted by Gasteiger charge is 2.14. The van der Waals surface area contributed by atoms with Crippen LogP contribution in [0.2, 0.25) is 15.1 Å². The zero-order chi connectivity index (χ0) is 20.2. The van der Waals surface area contributed by atoms with E-state index in [9.17, 15) is 13.2 Å². The zero-order valence-electron chi connectivity index (χ0n) is 14.4. The molecule has 0 fully saturated rings. The minimum Gasteiger partial charge on any atom is -0.324 e. The first-order valence-electron chi connectivity index (χ1n) is 7.64. The highest BCUT2D eigenvalue weighted by Crippen LogP contribution is 2.32. The third kappa shape index (κ3) is 6.10. The standard InChI is InChI=1S/C17H16Cl3N3O3S/c1-10-3-5-12(6-4-10)27(25,26)23-22-11(2)7-17(24)21-16-9-14(19)13(18)8-15(16)20/h3-6,8-9,23H,7H2,1-2H3,(H,21,24)/b22-11+. The first kappa shape index (κ1) is 21.5. The monoisotopic (exact) mass is 447 g/mol. The number of sulfonamides is 1. The van der Waals surface area contributed by atoms with E-state index in [1.807, 2.05) is 6.92 Å². The fraction of sp³-hybridized carbons (Fsp3) is 0.176. The van der Waals surface area contributed by atoms with Crippen molar-refractivity contribution >= 4 is 62.1 Å². The number of aryl methyl sites for hydroxylation is 1. The molecule has 2 aromatic rings. The van der Waals surface area contributed by atoms with Crippen LogP contribution in [0.3, 0.4) is 0 Å². The third-order valence-corrected chi connectivity index (χ3v) is 5.65. The number of nitrogens with zero attached hydrogens (tertiary/aromatic N) is 1. The van der Waals surface area contributed by atoms with Crippen molar-refractivity contribution in [1.29, 1.82) is 0 Å². The van der Waals surface area contributed by atoms with Crippen LogP contribution >= 0.6 is 34.8 Å². The van der Waals surface area contributed by atoms with Gasteiger partial charge in [-0.25, -0.2) is 4.83 Å². The van der Waals surface area contributed by atoms with Crippen molar-refractivity contribution < 1.29 is 13.2 Å². The van der Waals surface area contributed by atoms with Crippen LogP contribution in [0.15, 0.2) is 46.4 Å². The molecule has 0 bridgehead atoms. The molecule has 0 aromatic heterocycles. The van der Waals surface area contributed by atoms with Crippen LogP contribution < -0.4 is 10.1 Å². The molecule has 0 aliphatic carbocycles. The molecular weight excluding hydrogens is 433 g/mol. The predicted molar refractivity (Wildman–Crippen MR) is 109 cm³/mol. The summed E-state index contributed by atoms with van der Waals surface area (Å²) in [7, 11) is -3.81. The van der Waals surface area contributed by atoms with Crippen molar-refractivity contribution in [2.75, 3.05) is 5.32 Å². The second-order valence-electron chi connectivity index (χ2n) is 5.73. The molecule has 0 unspecified atom stereocenters. The number of rotatable bonds is 6. The Hall–Kier alpha value is -1.80. The van der Waals surface area contributed by atoms with E-state index < -0.39 is 15.9 Å². The van der Waals surface area contributed by atoms with Crippen LogP contribution in [0.5, 0.6) is 0 Å². The third-order valence-electron chi connectivity index (χ3n) is 3.39. The van der Waals surface area contributed by atoms with Gasteiger partial charge in [0.2, 0.25) is 5.91 Å². The summed E-state index contributed by atoms with van der Waals surface area (Å²) >= 11 is 17.7. The Balaban J connectivity index is 2.01. The summed E-state index contributed by atoms with van der Waals surface area (Å²) in [5.74, 6) is -0.439. The van der Waals surface area contributed by atoms with E-state index in [1.165, 1.54) is 31.2 Å². The summed E-state index contributed by atoms with van der Waals surface area (Å²) < 4.78 is 24.4. The molecule has 0 atom stereocenters. The van der Waals surface area contributed by atoms with Crippen molar-refractivity contribution in [2.45, 2.75) is 25.2 Å². The first-order valence-corrected chi connectivity index (χ1v) is 10.3. The van der Waals surface area contributed by atoms with Crippen molar-refractivity contribution in [3.05, 3.63) is 57.0 Å². The summed E-state index contributed by atoms with van der Waals surface area (Å²) in [5, 5.41) is 7.08. The fourth-order valence-electron chi connectivity index (χ4n) is 1.99. The van der Waals surface area contributed by atoms with Crippen LogP contribution in [0, 0.1) is 6.92 Å². The molecule has 6 nitrogen and oxygen atoms in total. The van der Waals surface area contributed by atoms with Gasteiger partial charge in [-0.2, -0.15) is 13.5 Å². The van der Waals surface area contributed by atoms with E-state index in [4.69, 9.17) is 34.8 Å². The predicted octanol–water partition coefficient (Wildman–Crippen LogP) is 4.64. The summed E-state index contributed by atoms with van der Waals surface area (Å²) in [5.41, 5.74) is 1.50. The SMILES string of the molecule is C/C(CC(=O)Nc1cc(Cl)c(Cl)cc1Cl)=N\NS(=O)(=O)c1ccc(C)cc1. The van der Waals surface area contributed by atoms with E-state index in [1.54, 1.807) is 12.1 Å². The van der Waals surface area contributed by atoms with E-state index >= 15 is 0 Å². The average Bonchev–Trinajstić information content (AvgIpc) is 2.58. The highest BCUT2D eigenvalue weighted by molar-refractivity contribution is 7.89. The van der Waals surface area contributed by atoms with Gasteiger partial charge >= 0.3 is 0 Å². The summed E-state index contributed by atoms with van der Waals surface area (Å²) in [6, 6.07) is 9.15. The molecular formula is C17H16Cl3N3O3S. The number of hydrazone groups is 1. The maximum absolute atomic E-state index is 12.2. The zero-order valence-corrected chi connectivity index (χ0v) is 17.5. The molecule has 0 saturated heterocycles. The van der Waals surface area contributed by atoms with E-state index in [0.29, 0.717) is 5.69 Å². The Morgan fingerprint density at radius 3 is 2.26 bits per heavy atom. The Morgan fingerprint density at radius 2 is 1.63 bits per heavy atom. The van der Waals surface area contributed by atoms with Gasteiger partial charge < -0.3 is 5.32 Å². The Bertz CT molecular complexity index is 990. The molecule has 0 saturated carbocycles. The van der Waals surface area contributed by atoms with Crippen molar-refractivity contribution in [1.82, 2.24) is 4.83 Å². The molecule has 0 spiro atoms. The second kappa shape index (κ2) is 8.93. The summed E-state index contributed by atoms with van der Waals surface area (Å²) in [6.45, 7) is 3.37. The van der Waals surface area contributed by atoms with Gasteiger partial charge in [0.25, 0.3) is 10.0 Å². The molecule has 10 heteroatoms. The quantitative estimate of drug-likeness (QED) is 0.383. The van der Waals surface area contributed by atoms with Crippen molar-refractivity contribution in [3.8, 4) is 0 Å². The van der Waals surface area contributed by atoms with Gasteiger partial charge in [0.1, 0.15) is 0 Å². The van der Waals surface area contributed by atoms with Gasteiger partial charge in [0.15, 0.2) is 0 Å². The van der Waals surface area contributed by atoms with Gasteiger partial charge in [-0.05, 0) is 38.1 Å². The van der Waals surface area contributed by atoms with E-state index in [2.05, 4.69) is 15.2 Å². The van der Waals surface area contributed by atoms with Crippen LogP contribution in [0.1, 0.15) is 18.9 Å². The molecule has 0 aliphatic rings. The Labute approximate surface area is 172 Å². The average molecular weight is 449 g/mol. The number of benzene rings is 2. The van der Waals surface area contributed by atoms with Crippen LogP contribution in [-0.4, -0.2) is 20.0 Å². The Kier molecular flexibility index (Phi) is 7.11. The van der Waals surface area contributed by atoms with Gasteiger partial charge in [-0.3, -0.25) is 4.79 Å². The first-order chi connectivity index (χ1) is 12.6. The fourth-order valence-corrected chi connectivity index (χ4v) is 3.46. The van der Waals surface area contributed by atoms with Gasteiger partial charge in [-0.1, -0.05) is 52.5 Å². The van der Waals surface area contributed by atoms with Crippen molar-refractivity contribution in [3.63, 3.8) is 0 Å². The number of halogens is 3. The Morgan fingerprint density at radius 1 is 1.04 bits per heavy atom. The number of amides is 1. The lowest BCUT2D eigenvalue weighted by molar-refractivity contribution is -0.115. The van der Waals surface area contributed by atoms with Crippen LogP contribution in [0.25, 0.3) is 0 Å². The second-order valence-corrected chi connectivity index (χ2v) is 8.61. The maximum Gasteiger partial charge on any atom is 0.276 e. The maximum atomic E-state index is 12.2. The van der Waals surface area contributed by atoms with Crippen LogP contribution in [-0.2, 0) is 14.8 Å². The van der Waals surface area contributed by atoms with Crippen LogP contribution in [0.4, 0.5) is 5.69 Å². The summed E-state index contributed by atoms with van der Waals surface area (Å²) in [4.78, 5) is 14.3. The smallest absolute Gasteiger partial charge is 0.276 e. The molecule has 0 aliphatic heterocycles. The topological polar surface area (TPSA) is 87.6 Å². The van der Waals surface area contributed by atoms with Gasteiger partial charge in [0.05, 0.1) is 32.1 Å². The molecule has 0 heterocycles. The molecule has 144 valence electrons. The molecule has 27 heavy (non-hydrogen) atoms. The largest absolute Gasteiger partial charge is 0.324 e. The number of anilines is 1. The minimum absolute atomic E-state index is 0.0803. The van der Waals surface area contributed by atoms with E-state index in [0.717, 1.165) is 5.56 Å². The van der Waals surface area contributed by atoms with Crippen molar-refractivity contribution in [2.24, 2.45) is 5.10 Å². The number of carbonyl (C=O) groups excluding carboxylic acids is 1. The number of nitrogens with one attached hydrogen (secondary N) is 2. The molecule has 2 rings (SSSR count). The molecule has 2 N–H and O–H groups in total. The molecule has 0 radical (unpaired) electrons. The highest BCUT2D eigenvalue weighted by atomic mass is 35.5. The molecule has 1 amide bonds. The van der Waals surface area contributed by atoms with Gasteiger partial charge in [-0.15, -0.1) is 0 Å². The molecule has 2 aromatic carbocycles. The summed E-state index contributed by atoms with van der Waals surface area (Å²) in [6.07, 6.45) is -0.146. The normalized spacial score (nSPS) is 12.0. The minimum atomic E-state index is -3.81. The lowest BCUT2D eigenvalue weighted by Crippen LogP contribution is -2.22. The number of carbonyl (C=O) groups is 1. The number of hydrogen-bond donors (Lipinski definition) is 2. The van der Waals surface area contributed by atoms with E-state index in [-0.39, 0.29) is 32.1 Å².